The molecule has 170 valence electrons. The second-order valence-electron chi connectivity index (χ2n) is 7.13. The van der Waals surface area contributed by atoms with E-state index in [1.54, 1.807) is 42.4 Å². The molecule has 0 aliphatic rings. The smallest absolute Gasteiger partial charge is 0.295 e. The first-order valence-corrected chi connectivity index (χ1v) is 12.1. The van der Waals surface area contributed by atoms with Gasteiger partial charge in [0.1, 0.15) is 5.69 Å². The number of hydrogen-bond donors (Lipinski definition) is 2. The quantitative estimate of drug-likeness (QED) is 0.512. The van der Waals surface area contributed by atoms with Gasteiger partial charge in [0, 0.05) is 25.8 Å². The summed E-state index contributed by atoms with van der Waals surface area (Å²) in [5.74, 6) is 0. The summed E-state index contributed by atoms with van der Waals surface area (Å²) in [4.78, 5) is 13.2. The highest BCUT2D eigenvalue weighted by molar-refractivity contribution is 7.89. The SMILES string of the molecule is CCN(CC)S(=O)(=O)c1ccc(NC(=S)Nc2c(C)n(C)n(-c3ccccc3)c2=O)cc1. The van der Waals surface area contributed by atoms with E-state index < -0.39 is 10.0 Å². The molecule has 1 heterocycles. The number of nitrogens with one attached hydrogen (secondary N) is 2. The van der Waals surface area contributed by atoms with Crippen LogP contribution in [0.5, 0.6) is 0 Å². The second kappa shape index (κ2) is 9.68. The average molecular weight is 474 g/mol. The number of thiocarbonyl (C=S) groups is 1. The van der Waals surface area contributed by atoms with Crippen LogP contribution in [0.2, 0.25) is 0 Å². The summed E-state index contributed by atoms with van der Waals surface area (Å²) in [6.07, 6.45) is 0. The third kappa shape index (κ3) is 4.62. The summed E-state index contributed by atoms with van der Waals surface area (Å²) in [6, 6.07) is 15.7. The maximum atomic E-state index is 13.0. The molecule has 0 fully saturated rings. The van der Waals surface area contributed by atoms with Gasteiger partial charge in [-0.15, -0.1) is 0 Å². The molecule has 10 heteroatoms. The minimum absolute atomic E-state index is 0.218. The van der Waals surface area contributed by atoms with Gasteiger partial charge in [0.15, 0.2) is 5.11 Å². The van der Waals surface area contributed by atoms with Gasteiger partial charge >= 0.3 is 0 Å². The van der Waals surface area contributed by atoms with Crippen molar-refractivity contribution in [3.05, 3.63) is 70.6 Å². The first kappa shape index (κ1) is 23.7. The molecule has 32 heavy (non-hydrogen) atoms. The zero-order chi connectivity index (χ0) is 23.5. The Hall–Kier alpha value is -2.95. The van der Waals surface area contributed by atoms with Crippen LogP contribution in [0.1, 0.15) is 19.5 Å². The van der Waals surface area contributed by atoms with E-state index in [1.165, 1.54) is 16.4 Å². The predicted molar refractivity (Wildman–Crippen MR) is 132 cm³/mol. The van der Waals surface area contributed by atoms with Crippen molar-refractivity contribution < 1.29 is 8.42 Å². The molecule has 0 spiro atoms. The summed E-state index contributed by atoms with van der Waals surface area (Å²) < 4.78 is 30.0. The lowest BCUT2D eigenvalue weighted by molar-refractivity contribution is 0.445. The highest BCUT2D eigenvalue weighted by atomic mass is 32.2. The lowest BCUT2D eigenvalue weighted by Gasteiger charge is -2.18. The molecular weight excluding hydrogens is 446 g/mol. The topological polar surface area (TPSA) is 88.4 Å². The minimum Gasteiger partial charge on any atom is -0.332 e. The van der Waals surface area contributed by atoms with Crippen molar-refractivity contribution >= 4 is 38.7 Å². The van der Waals surface area contributed by atoms with Crippen LogP contribution in [0, 0.1) is 6.92 Å². The Morgan fingerprint density at radius 2 is 1.59 bits per heavy atom. The monoisotopic (exact) mass is 473 g/mol. The van der Waals surface area contributed by atoms with Crippen LogP contribution in [0.4, 0.5) is 11.4 Å². The van der Waals surface area contributed by atoms with Crippen LogP contribution in [0.25, 0.3) is 5.69 Å². The van der Waals surface area contributed by atoms with Gasteiger partial charge in [0.2, 0.25) is 10.0 Å². The molecule has 0 unspecified atom stereocenters. The molecule has 0 radical (unpaired) electrons. The van der Waals surface area contributed by atoms with Gasteiger partial charge < -0.3 is 10.6 Å². The average Bonchev–Trinajstić information content (AvgIpc) is 2.98. The summed E-state index contributed by atoms with van der Waals surface area (Å²) in [5, 5.41) is 6.21. The highest BCUT2D eigenvalue weighted by Crippen LogP contribution is 2.19. The first-order valence-electron chi connectivity index (χ1n) is 10.2. The van der Waals surface area contributed by atoms with Gasteiger partial charge in [0.25, 0.3) is 5.56 Å². The fourth-order valence-electron chi connectivity index (χ4n) is 3.41. The Morgan fingerprint density at radius 3 is 2.16 bits per heavy atom. The Labute approximate surface area is 193 Å². The van der Waals surface area contributed by atoms with E-state index in [4.69, 9.17) is 12.2 Å². The lowest BCUT2D eigenvalue weighted by atomic mass is 10.3. The Bertz CT molecular complexity index is 1260. The molecule has 0 aliphatic heterocycles. The van der Waals surface area contributed by atoms with E-state index in [0.29, 0.717) is 24.5 Å². The minimum atomic E-state index is -3.52. The summed E-state index contributed by atoms with van der Waals surface area (Å²) in [5.41, 5.74) is 2.23. The molecule has 0 atom stereocenters. The van der Waals surface area contributed by atoms with Crippen LogP contribution in [0.15, 0.2) is 64.3 Å². The Kier molecular flexibility index (Phi) is 7.17. The zero-order valence-corrected chi connectivity index (χ0v) is 20.1. The van der Waals surface area contributed by atoms with E-state index in [2.05, 4.69) is 10.6 Å². The molecule has 2 N–H and O–H groups in total. The number of anilines is 2. The molecule has 3 rings (SSSR count). The third-order valence-corrected chi connectivity index (χ3v) is 7.52. The van der Waals surface area contributed by atoms with Crippen molar-refractivity contribution in [3.8, 4) is 5.69 Å². The number of benzene rings is 2. The molecule has 0 amide bonds. The number of aromatic nitrogens is 2. The Morgan fingerprint density at radius 1 is 1.00 bits per heavy atom. The predicted octanol–water partition coefficient (Wildman–Crippen LogP) is 3.32. The molecule has 0 bridgehead atoms. The first-order chi connectivity index (χ1) is 15.2. The largest absolute Gasteiger partial charge is 0.332 e. The van der Waals surface area contributed by atoms with Crippen molar-refractivity contribution in [3.63, 3.8) is 0 Å². The van der Waals surface area contributed by atoms with Crippen molar-refractivity contribution in [2.45, 2.75) is 25.7 Å². The maximum Gasteiger partial charge on any atom is 0.295 e. The third-order valence-electron chi connectivity index (χ3n) is 5.25. The van der Waals surface area contributed by atoms with Crippen LogP contribution in [-0.4, -0.2) is 40.3 Å². The Balaban J connectivity index is 1.78. The number of para-hydroxylation sites is 1. The summed E-state index contributed by atoms with van der Waals surface area (Å²) in [7, 11) is -1.72. The zero-order valence-electron chi connectivity index (χ0n) is 18.5. The summed E-state index contributed by atoms with van der Waals surface area (Å²) in [6.45, 7) is 6.25. The van der Waals surface area contributed by atoms with Crippen molar-refractivity contribution in [2.24, 2.45) is 7.05 Å². The van der Waals surface area contributed by atoms with Crippen LogP contribution in [-0.2, 0) is 17.1 Å². The van der Waals surface area contributed by atoms with E-state index in [-0.39, 0.29) is 15.6 Å². The van der Waals surface area contributed by atoms with Gasteiger partial charge in [-0.1, -0.05) is 32.0 Å². The van der Waals surface area contributed by atoms with Crippen molar-refractivity contribution in [2.75, 3.05) is 23.7 Å². The standard InChI is InChI=1S/C22H27N5O3S2/c1-5-26(6-2)32(29,30)19-14-12-17(13-15-19)23-22(31)24-20-16(3)25(4)27(21(20)28)18-10-8-7-9-11-18/h7-15H,5-6H2,1-4H3,(H2,23,24,31). The van der Waals surface area contributed by atoms with Gasteiger partial charge in [-0.05, 0) is 55.5 Å². The molecule has 0 saturated heterocycles. The molecule has 2 aromatic carbocycles. The van der Waals surface area contributed by atoms with Gasteiger partial charge in [-0.25, -0.2) is 13.1 Å². The van der Waals surface area contributed by atoms with E-state index in [1.807, 2.05) is 37.3 Å². The number of sulfonamides is 1. The number of nitrogens with zero attached hydrogens (tertiary/aromatic N) is 3. The van der Waals surface area contributed by atoms with Crippen molar-refractivity contribution in [1.29, 1.82) is 0 Å². The van der Waals surface area contributed by atoms with E-state index in [0.717, 1.165) is 11.4 Å². The summed E-state index contributed by atoms with van der Waals surface area (Å²) >= 11 is 5.39. The van der Waals surface area contributed by atoms with Crippen molar-refractivity contribution in [1.82, 2.24) is 13.7 Å². The molecule has 8 nitrogen and oxygen atoms in total. The molecule has 3 aromatic rings. The lowest BCUT2D eigenvalue weighted by Crippen LogP contribution is -2.30. The van der Waals surface area contributed by atoms with E-state index in [9.17, 15) is 13.2 Å². The van der Waals surface area contributed by atoms with Gasteiger partial charge in [-0.3, -0.25) is 9.48 Å². The van der Waals surface area contributed by atoms with Crippen LogP contribution < -0.4 is 16.2 Å². The van der Waals surface area contributed by atoms with Gasteiger partial charge in [-0.2, -0.15) is 4.31 Å². The van der Waals surface area contributed by atoms with E-state index >= 15 is 0 Å². The fourth-order valence-corrected chi connectivity index (χ4v) is 5.09. The second-order valence-corrected chi connectivity index (χ2v) is 9.48. The van der Waals surface area contributed by atoms with Crippen LogP contribution >= 0.6 is 12.2 Å². The van der Waals surface area contributed by atoms with Crippen LogP contribution in [0.3, 0.4) is 0 Å². The molecule has 1 aromatic heterocycles. The molecule has 0 saturated carbocycles. The molecular formula is C22H27N5O3S2. The number of rotatable bonds is 7. The molecule has 0 aliphatic carbocycles. The highest BCUT2D eigenvalue weighted by Gasteiger charge is 2.21. The normalized spacial score (nSPS) is 11.5. The fraction of sp³-hybridized carbons (Fsp3) is 0.273. The number of hydrogen-bond acceptors (Lipinski definition) is 4. The maximum absolute atomic E-state index is 13.0. The van der Waals surface area contributed by atoms with Gasteiger partial charge in [0.05, 0.1) is 16.3 Å².